The molecule has 0 aliphatic carbocycles. The number of sulfonamides is 1. The first-order valence-corrected chi connectivity index (χ1v) is 10.4. The summed E-state index contributed by atoms with van der Waals surface area (Å²) in [4.78, 5) is 25.1. The van der Waals surface area contributed by atoms with Crippen LogP contribution in [0.25, 0.3) is 0 Å². The molecule has 2 rings (SSSR count). The molecule has 0 aliphatic heterocycles. The Balaban J connectivity index is 2.38. The summed E-state index contributed by atoms with van der Waals surface area (Å²) >= 11 is 6.06. The van der Waals surface area contributed by atoms with Crippen LogP contribution in [0, 0.1) is 0 Å². The molecule has 0 aliphatic rings. The van der Waals surface area contributed by atoms with Crippen molar-refractivity contribution in [2.75, 3.05) is 31.6 Å². The molecule has 0 heterocycles. The molecule has 7 nitrogen and oxygen atoms in total. The number of amides is 1. The van der Waals surface area contributed by atoms with Gasteiger partial charge in [-0.2, -0.15) is 0 Å². The van der Waals surface area contributed by atoms with Crippen LogP contribution in [0.2, 0.25) is 5.02 Å². The van der Waals surface area contributed by atoms with Gasteiger partial charge in [-0.25, -0.2) is 13.2 Å². The number of hydrogen-bond donors (Lipinski definition) is 0. The fraction of sp³-hybridized carbons (Fsp3) is 0.200. The monoisotopic (exact) mass is 436 g/mol. The van der Waals surface area contributed by atoms with E-state index in [2.05, 4.69) is 6.58 Å². The maximum Gasteiger partial charge on any atom is 0.340 e. The summed E-state index contributed by atoms with van der Waals surface area (Å²) in [7, 11) is -0.969. The van der Waals surface area contributed by atoms with Crippen molar-refractivity contribution in [2.45, 2.75) is 4.90 Å². The van der Waals surface area contributed by atoms with Crippen molar-refractivity contribution in [3.63, 3.8) is 0 Å². The van der Waals surface area contributed by atoms with Crippen LogP contribution in [0.5, 0.6) is 0 Å². The highest BCUT2D eigenvalue weighted by Crippen LogP contribution is 2.27. The highest BCUT2D eigenvalue weighted by atomic mass is 35.5. The van der Waals surface area contributed by atoms with Gasteiger partial charge in [-0.15, -0.1) is 6.58 Å². The molecule has 0 bridgehead atoms. The average Bonchev–Trinajstić information content (AvgIpc) is 2.70. The smallest absolute Gasteiger partial charge is 0.340 e. The van der Waals surface area contributed by atoms with Crippen LogP contribution in [-0.2, 0) is 19.6 Å². The molecule has 154 valence electrons. The number of hydrogen-bond acceptors (Lipinski definition) is 5. The lowest BCUT2D eigenvalue weighted by atomic mass is 10.2. The number of carbonyl (C=O) groups is 2. The van der Waals surface area contributed by atoms with Gasteiger partial charge in [-0.1, -0.05) is 35.9 Å². The normalized spacial score (nSPS) is 10.9. The van der Waals surface area contributed by atoms with Crippen LogP contribution in [-0.4, -0.2) is 52.4 Å². The second-order valence-electron chi connectivity index (χ2n) is 6.17. The van der Waals surface area contributed by atoms with E-state index in [1.165, 1.54) is 37.2 Å². The summed E-state index contributed by atoms with van der Waals surface area (Å²) in [5, 5.41) is 0.0150. The van der Waals surface area contributed by atoms with Crippen LogP contribution in [0.4, 0.5) is 5.69 Å². The molecule has 0 aromatic heterocycles. The number of likely N-dealkylation sites (N-methyl/N-ethyl adjacent to an activating group) is 1. The zero-order valence-corrected chi connectivity index (χ0v) is 17.6. The van der Waals surface area contributed by atoms with Crippen molar-refractivity contribution in [3.8, 4) is 0 Å². The highest BCUT2D eigenvalue weighted by Gasteiger charge is 2.26. The van der Waals surface area contributed by atoms with E-state index in [9.17, 15) is 18.0 Å². The zero-order valence-electron chi connectivity index (χ0n) is 16.0. The van der Waals surface area contributed by atoms with Gasteiger partial charge >= 0.3 is 5.97 Å². The summed E-state index contributed by atoms with van der Waals surface area (Å²) in [6.07, 6.45) is 1.46. The molecule has 0 radical (unpaired) electrons. The maximum absolute atomic E-state index is 13.2. The van der Waals surface area contributed by atoms with Gasteiger partial charge in [0.1, 0.15) is 0 Å². The van der Waals surface area contributed by atoms with Crippen molar-refractivity contribution in [2.24, 2.45) is 0 Å². The number of rotatable bonds is 8. The lowest BCUT2D eigenvalue weighted by Gasteiger charge is -2.23. The van der Waals surface area contributed by atoms with E-state index in [1.54, 1.807) is 30.3 Å². The van der Waals surface area contributed by atoms with Crippen molar-refractivity contribution in [3.05, 3.63) is 71.8 Å². The van der Waals surface area contributed by atoms with Crippen LogP contribution < -0.4 is 4.31 Å². The summed E-state index contributed by atoms with van der Waals surface area (Å²) in [5.74, 6) is -1.31. The lowest BCUT2D eigenvalue weighted by Crippen LogP contribution is -2.31. The second kappa shape index (κ2) is 9.58. The third-order valence-corrected chi connectivity index (χ3v) is 6.03. The van der Waals surface area contributed by atoms with E-state index in [0.717, 1.165) is 10.4 Å². The van der Waals surface area contributed by atoms with E-state index in [-0.39, 0.29) is 22.0 Å². The van der Waals surface area contributed by atoms with Crippen LogP contribution in [0.15, 0.2) is 66.1 Å². The van der Waals surface area contributed by atoms with Gasteiger partial charge in [0.05, 0.1) is 27.7 Å². The molecular formula is C20H21ClN2O5S. The SMILES string of the molecule is C=CCN(c1ccccc1)S(=O)(=O)c1ccc(Cl)c(C(=O)OCC(=O)N(C)C)c1. The second-order valence-corrected chi connectivity index (χ2v) is 8.44. The Bertz CT molecular complexity index is 1010. The fourth-order valence-electron chi connectivity index (χ4n) is 2.34. The minimum atomic E-state index is -4.01. The largest absolute Gasteiger partial charge is 0.452 e. The predicted octanol–water partition coefficient (Wildman–Crippen LogP) is 2.97. The summed E-state index contributed by atoms with van der Waals surface area (Å²) in [6, 6.07) is 12.2. The minimum absolute atomic E-state index is 0.0150. The molecule has 0 atom stereocenters. The fourth-order valence-corrected chi connectivity index (χ4v) is 3.99. The van der Waals surface area contributed by atoms with Crippen LogP contribution in [0.1, 0.15) is 10.4 Å². The topological polar surface area (TPSA) is 84.0 Å². The van der Waals surface area contributed by atoms with Crippen molar-refractivity contribution < 1.29 is 22.7 Å². The standard InChI is InChI=1S/C20H21ClN2O5S/c1-4-12-23(15-8-6-5-7-9-15)29(26,27)16-10-11-18(21)17(13-16)20(25)28-14-19(24)22(2)3/h4-11,13H,1,12,14H2,2-3H3. The maximum atomic E-state index is 13.2. The number of nitrogens with zero attached hydrogens (tertiary/aromatic N) is 2. The Morgan fingerprint density at radius 3 is 2.38 bits per heavy atom. The Labute approximate surface area is 175 Å². The van der Waals surface area contributed by atoms with Gasteiger partial charge in [0.15, 0.2) is 6.61 Å². The molecular weight excluding hydrogens is 416 g/mol. The first kappa shape index (κ1) is 22.4. The third kappa shape index (κ3) is 5.36. The van der Waals surface area contributed by atoms with Crippen molar-refractivity contribution >= 4 is 39.2 Å². The molecule has 2 aromatic rings. The molecule has 29 heavy (non-hydrogen) atoms. The number of benzene rings is 2. The van der Waals surface area contributed by atoms with E-state index in [0.29, 0.717) is 5.69 Å². The minimum Gasteiger partial charge on any atom is -0.452 e. The Morgan fingerprint density at radius 1 is 1.14 bits per heavy atom. The highest BCUT2D eigenvalue weighted by molar-refractivity contribution is 7.92. The molecule has 0 saturated carbocycles. The van der Waals surface area contributed by atoms with E-state index >= 15 is 0 Å². The molecule has 0 N–H and O–H groups in total. The number of ether oxygens (including phenoxy) is 1. The van der Waals surface area contributed by atoms with Crippen molar-refractivity contribution in [1.82, 2.24) is 4.90 Å². The Morgan fingerprint density at radius 2 is 1.79 bits per heavy atom. The number of anilines is 1. The van der Waals surface area contributed by atoms with Gasteiger partial charge in [0.2, 0.25) is 0 Å². The van der Waals surface area contributed by atoms with Crippen molar-refractivity contribution in [1.29, 1.82) is 0 Å². The van der Waals surface area contributed by atoms with E-state index < -0.39 is 28.5 Å². The molecule has 1 amide bonds. The van der Waals surface area contributed by atoms with Gasteiger partial charge in [-0.05, 0) is 30.3 Å². The van der Waals surface area contributed by atoms with Gasteiger partial charge in [0, 0.05) is 14.1 Å². The van der Waals surface area contributed by atoms with Gasteiger partial charge in [-0.3, -0.25) is 9.10 Å². The number of halogens is 1. The number of esters is 1. The summed E-state index contributed by atoms with van der Waals surface area (Å²) in [5.41, 5.74) is 0.300. The van der Waals surface area contributed by atoms with Gasteiger partial charge in [0.25, 0.3) is 15.9 Å². The average molecular weight is 437 g/mol. The van der Waals surface area contributed by atoms with Crippen LogP contribution >= 0.6 is 11.6 Å². The molecule has 9 heteroatoms. The first-order valence-electron chi connectivity index (χ1n) is 8.54. The number of para-hydroxylation sites is 1. The zero-order chi connectivity index (χ0) is 21.6. The van der Waals surface area contributed by atoms with E-state index in [1.807, 2.05) is 0 Å². The molecule has 0 saturated heterocycles. The van der Waals surface area contributed by atoms with Gasteiger partial charge < -0.3 is 9.64 Å². The molecule has 2 aromatic carbocycles. The third-order valence-electron chi connectivity index (χ3n) is 3.91. The first-order chi connectivity index (χ1) is 13.7. The lowest BCUT2D eigenvalue weighted by molar-refractivity contribution is -0.131. The molecule has 0 fully saturated rings. The molecule has 0 spiro atoms. The van der Waals surface area contributed by atoms with Crippen LogP contribution in [0.3, 0.4) is 0 Å². The summed E-state index contributed by atoms with van der Waals surface area (Å²) < 4.78 is 32.5. The van der Waals surface area contributed by atoms with E-state index in [4.69, 9.17) is 16.3 Å². The molecule has 0 unspecified atom stereocenters. The Kier molecular flexibility index (Phi) is 7.41. The quantitative estimate of drug-likeness (QED) is 0.469. The Hall–Kier alpha value is -2.84. The predicted molar refractivity (Wildman–Crippen MR) is 112 cm³/mol. The number of carbonyl (C=O) groups excluding carboxylic acids is 2. The summed E-state index contributed by atoms with van der Waals surface area (Å²) in [6.45, 7) is 3.16.